The van der Waals surface area contributed by atoms with Gasteiger partial charge in [0.1, 0.15) is 25.7 Å². The highest BCUT2D eigenvalue weighted by Gasteiger charge is 2.30. The number of carbonyl (C=O) groups excluding carboxylic acids is 2. The Bertz CT molecular complexity index is 562. The third-order valence-corrected chi connectivity index (χ3v) is 6.18. The SMILES string of the molecule is CC(C)C1OCCN1CCOC(=O)N(CCCCCCN)C(=O)OCCN1CCOC1C(C)C. The number of nitrogens with two attached hydrogens (primary N) is 1. The van der Waals surface area contributed by atoms with Crippen LogP contribution in [-0.4, -0.2) is 105 Å². The van der Waals surface area contributed by atoms with Crippen LogP contribution in [0.4, 0.5) is 9.59 Å². The quantitative estimate of drug-likeness (QED) is 0.371. The molecular formula is C24H46N4O6. The van der Waals surface area contributed by atoms with Crippen LogP contribution in [0.3, 0.4) is 0 Å². The molecule has 198 valence electrons. The lowest BCUT2D eigenvalue weighted by atomic mass is 10.2. The summed E-state index contributed by atoms with van der Waals surface area (Å²) in [5, 5.41) is 0. The number of ether oxygens (including phenoxy) is 4. The highest BCUT2D eigenvalue weighted by molar-refractivity contribution is 5.87. The fourth-order valence-corrected chi connectivity index (χ4v) is 4.43. The molecular weight excluding hydrogens is 440 g/mol. The van der Waals surface area contributed by atoms with E-state index >= 15 is 0 Å². The molecule has 34 heavy (non-hydrogen) atoms. The monoisotopic (exact) mass is 486 g/mol. The van der Waals surface area contributed by atoms with Crippen LogP contribution in [0, 0.1) is 11.8 Å². The number of rotatable bonds is 14. The zero-order chi connectivity index (χ0) is 24.9. The van der Waals surface area contributed by atoms with Crippen molar-refractivity contribution in [2.75, 3.05) is 65.7 Å². The number of nitrogens with zero attached hydrogens (tertiary/aromatic N) is 3. The first kappa shape index (κ1) is 28.8. The number of amides is 2. The van der Waals surface area contributed by atoms with Crippen LogP contribution in [0.25, 0.3) is 0 Å². The third kappa shape index (κ3) is 9.30. The minimum absolute atomic E-state index is 0.0338. The summed E-state index contributed by atoms with van der Waals surface area (Å²) in [5.74, 6) is 0.712. The highest BCUT2D eigenvalue weighted by Crippen LogP contribution is 2.18. The van der Waals surface area contributed by atoms with Crippen molar-refractivity contribution in [2.45, 2.75) is 65.8 Å². The Kier molecular flexibility index (Phi) is 13.1. The maximum absolute atomic E-state index is 12.8. The van der Waals surface area contributed by atoms with Crippen molar-refractivity contribution in [2.24, 2.45) is 17.6 Å². The standard InChI is InChI=1S/C24H46N4O6/c1-19(2)21-26(11-15-31-21)13-17-33-23(29)28(10-8-6-5-7-9-25)24(30)34-18-14-27-12-16-32-22(27)20(3)4/h19-22H,5-18,25H2,1-4H3. The van der Waals surface area contributed by atoms with Crippen LogP contribution in [0.15, 0.2) is 0 Å². The van der Waals surface area contributed by atoms with E-state index in [-0.39, 0.29) is 32.2 Å². The van der Waals surface area contributed by atoms with Crippen molar-refractivity contribution in [3.05, 3.63) is 0 Å². The Morgan fingerprint density at radius 1 is 0.853 bits per heavy atom. The molecule has 2 atom stereocenters. The Morgan fingerprint density at radius 2 is 1.32 bits per heavy atom. The molecule has 2 aliphatic heterocycles. The lowest BCUT2D eigenvalue weighted by Crippen LogP contribution is -2.42. The van der Waals surface area contributed by atoms with Gasteiger partial charge in [-0.2, -0.15) is 0 Å². The topological polar surface area (TPSA) is 107 Å². The normalized spacial score (nSPS) is 21.5. The van der Waals surface area contributed by atoms with Crippen molar-refractivity contribution in [3.8, 4) is 0 Å². The molecule has 0 saturated carbocycles. The van der Waals surface area contributed by atoms with Gasteiger partial charge in [0.25, 0.3) is 0 Å². The first-order valence-electron chi connectivity index (χ1n) is 12.9. The van der Waals surface area contributed by atoms with Crippen LogP contribution < -0.4 is 5.73 Å². The van der Waals surface area contributed by atoms with E-state index in [1.807, 2.05) is 0 Å². The molecule has 0 aromatic rings. The molecule has 10 heteroatoms. The van der Waals surface area contributed by atoms with E-state index in [1.54, 1.807) is 0 Å². The number of unbranched alkanes of at least 4 members (excludes halogenated alkanes) is 3. The van der Waals surface area contributed by atoms with E-state index in [9.17, 15) is 9.59 Å². The predicted molar refractivity (Wildman–Crippen MR) is 129 cm³/mol. The van der Waals surface area contributed by atoms with E-state index < -0.39 is 12.2 Å². The van der Waals surface area contributed by atoms with Gasteiger partial charge in [0.15, 0.2) is 0 Å². The predicted octanol–water partition coefficient (Wildman–Crippen LogP) is 2.71. The van der Waals surface area contributed by atoms with Crippen LogP contribution in [-0.2, 0) is 18.9 Å². The van der Waals surface area contributed by atoms with Gasteiger partial charge in [-0.1, -0.05) is 40.5 Å². The molecule has 0 bridgehead atoms. The Balaban J connectivity index is 1.82. The molecule has 2 saturated heterocycles. The van der Waals surface area contributed by atoms with E-state index in [2.05, 4.69) is 37.5 Å². The van der Waals surface area contributed by atoms with Gasteiger partial charge in [-0.05, 0) is 31.2 Å². The summed E-state index contributed by atoms with van der Waals surface area (Å²) in [7, 11) is 0. The van der Waals surface area contributed by atoms with Gasteiger partial charge in [-0.25, -0.2) is 14.5 Å². The number of carbonyl (C=O) groups is 2. The Labute approximate surface area is 205 Å². The minimum atomic E-state index is -0.658. The van der Waals surface area contributed by atoms with Crippen molar-refractivity contribution in [1.82, 2.24) is 14.7 Å². The van der Waals surface area contributed by atoms with Gasteiger partial charge in [-0.3, -0.25) is 9.80 Å². The number of hydrogen-bond acceptors (Lipinski definition) is 9. The number of imide groups is 1. The van der Waals surface area contributed by atoms with Crippen LogP contribution >= 0.6 is 0 Å². The smallest absolute Gasteiger partial charge is 0.419 e. The van der Waals surface area contributed by atoms with Gasteiger partial charge >= 0.3 is 12.2 Å². The summed E-state index contributed by atoms with van der Waals surface area (Å²) in [5.41, 5.74) is 5.55. The second kappa shape index (κ2) is 15.5. The molecule has 0 radical (unpaired) electrons. The molecule has 2 amide bonds. The molecule has 0 aromatic carbocycles. The lowest BCUT2D eigenvalue weighted by Gasteiger charge is -2.27. The molecule has 2 fully saturated rings. The van der Waals surface area contributed by atoms with Crippen LogP contribution in [0.2, 0.25) is 0 Å². The molecule has 2 N–H and O–H groups in total. The zero-order valence-corrected chi connectivity index (χ0v) is 21.6. The molecule has 0 spiro atoms. The summed E-state index contributed by atoms with van der Waals surface area (Å²) in [6.45, 7) is 13.8. The average molecular weight is 487 g/mol. The second-order valence-corrected chi connectivity index (χ2v) is 9.67. The summed E-state index contributed by atoms with van der Waals surface area (Å²) in [6.07, 6.45) is 2.22. The van der Waals surface area contributed by atoms with Crippen molar-refractivity contribution in [3.63, 3.8) is 0 Å². The molecule has 2 aliphatic rings. The van der Waals surface area contributed by atoms with Gasteiger partial charge < -0.3 is 24.7 Å². The molecule has 10 nitrogen and oxygen atoms in total. The molecule has 2 unspecified atom stereocenters. The fraction of sp³-hybridized carbons (Fsp3) is 0.917. The molecule has 0 aliphatic carbocycles. The van der Waals surface area contributed by atoms with Gasteiger partial charge in [0, 0.05) is 32.7 Å². The Hall–Kier alpha value is -1.46. The Morgan fingerprint density at radius 3 is 1.76 bits per heavy atom. The van der Waals surface area contributed by atoms with Gasteiger partial charge in [-0.15, -0.1) is 0 Å². The van der Waals surface area contributed by atoms with Crippen LogP contribution in [0.1, 0.15) is 53.4 Å². The summed E-state index contributed by atoms with van der Waals surface area (Å²) < 4.78 is 22.4. The van der Waals surface area contributed by atoms with Gasteiger partial charge in [0.2, 0.25) is 0 Å². The zero-order valence-electron chi connectivity index (χ0n) is 21.6. The maximum Gasteiger partial charge on any atom is 0.419 e. The summed E-state index contributed by atoms with van der Waals surface area (Å²) >= 11 is 0. The van der Waals surface area contributed by atoms with E-state index in [1.165, 1.54) is 0 Å². The van der Waals surface area contributed by atoms with E-state index in [0.717, 1.165) is 37.3 Å². The molecule has 2 heterocycles. The molecule has 2 rings (SSSR count). The van der Waals surface area contributed by atoms with Crippen LogP contribution in [0.5, 0.6) is 0 Å². The largest absolute Gasteiger partial charge is 0.448 e. The minimum Gasteiger partial charge on any atom is -0.448 e. The van der Waals surface area contributed by atoms with E-state index in [4.69, 9.17) is 24.7 Å². The molecule has 0 aromatic heterocycles. The summed E-state index contributed by atoms with van der Waals surface area (Å²) in [4.78, 5) is 30.9. The maximum atomic E-state index is 12.8. The van der Waals surface area contributed by atoms with Crippen molar-refractivity contribution < 1.29 is 28.5 Å². The lowest BCUT2D eigenvalue weighted by molar-refractivity contribution is -0.0128. The highest BCUT2D eigenvalue weighted by atomic mass is 16.6. The second-order valence-electron chi connectivity index (χ2n) is 9.67. The van der Waals surface area contributed by atoms with Crippen molar-refractivity contribution >= 4 is 12.2 Å². The van der Waals surface area contributed by atoms with Crippen molar-refractivity contribution in [1.29, 1.82) is 0 Å². The average Bonchev–Trinajstić information content (AvgIpc) is 3.45. The first-order chi connectivity index (χ1) is 16.3. The van der Waals surface area contributed by atoms with E-state index in [0.29, 0.717) is 51.1 Å². The fourth-order valence-electron chi connectivity index (χ4n) is 4.43. The van der Waals surface area contributed by atoms with Gasteiger partial charge in [0.05, 0.1) is 13.2 Å². The summed E-state index contributed by atoms with van der Waals surface area (Å²) in [6, 6.07) is 0. The number of hydrogen-bond donors (Lipinski definition) is 1. The third-order valence-electron chi connectivity index (χ3n) is 6.18. The first-order valence-corrected chi connectivity index (χ1v) is 12.9.